The Kier molecular flexibility index (Phi) is 5.98. The van der Waals surface area contributed by atoms with E-state index in [0.29, 0.717) is 29.9 Å². The number of carbonyl (C=O) groups excluding carboxylic acids is 1. The molecule has 2 rings (SSSR count). The number of nitrogens with one attached hydrogen (secondary N) is 1. The lowest BCUT2D eigenvalue weighted by molar-refractivity contribution is 0.102. The SMILES string of the molecule is CCN(CC)S(=O)(=O)c1cc(C(=O)Nc2cccc(C)c2)ccc1C. The molecule has 0 unspecified atom stereocenters. The number of nitrogens with zero attached hydrogens (tertiary/aromatic N) is 1. The Morgan fingerprint density at radius 1 is 1.04 bits per heavy atom. The van der Waals surface area contributed by atoms with Crippen LogP contribution in [0.4, 0.5) is 5.69 Å². The Morgan fingerprint density at radius 3 is 2.32 bits per heavy atom. The van der Waals surface area contributed by atoms with Gasteiger partial charge in [-0.25, -0.2) is 8.42 Å². The van der Waals surface area contributed by atoms with Gasteiger partial charge in [0.15, 0.2) is 0 Å². The van der Waals surface area contributed by atoms with E-state index in [1.807, 2.05) is 25.1 Å². The Bertz CT molecular complexity index is 872. The first kappa shape index (κ1) is 19.1. The molecule has 0 fully saturated rings. The zero-order valence-electron chi connectivity index (χ0n) is 15.0. The zero-order chi connectivity index (χ0) is 18.6. The van der Waals surface area contributed by atoms with Gasteiger partial charge in [0.2, 0.25) is 10.0 Å². The summed E-state index contributed by atoms with van der Waals surface area (Å²) in [7, 11) is -3.61. The minimum Gasteiger partial charge on any atom is -0.322 e. The molecule has 2 aromatic rings. The normalized spacial score (nSPS) is 11.6. The van der Waals surface area contributed by atoms with Crippen molar-refractivity contribution in [2.75, 3.05) is 18.4 Å². The number of anilines is 1. The maximum atomic E-state index is 12.8. The van der Waals surface area contributed by atoms with Crippen molar-refractivity contribution in [2.45, 2.75) is 32.6 Å². The Hall–Kier alpha value is -2.18. The van der Waals surface area contributed by atoms with Crippen LogP contribution in [0.3, 0.4) is 0 Å². The summed E-state index contributed by atoms with van der Waals surface area (Å²) in [6.45, 7) is 8.04. The molecule has 1 N–H and O–H groups in total. The Balaban J connectivity index is 2.37. The van der Waals surface area contributed by atoms with Gasteiger partial charge >= 0.3 is 0 Å². The summed E-state index contributed by atoms with van der Waals surface area (Å²) in [5.41, 5.74) is 2.65. The molecule has 25 heavy (non-hydrogen) atoms. The molecule has 0 saturated heterocycles. The minimum atomic E-state index is -3.61. The fourth-order valence-corrected chi connectivity index (χ4v) is 4.36. The van der Waals surface area contributed by atoms with Crippen LogP contribution >= 0.6 is 0 Å². The number of amides is 1. The molecular weight excluding hydrogens is 336 g/mol. The van der Waals surface area contributed by atoms with E-state index in [2.05, 4.69) is 5.32 Å². The van der Waals surface area contributed by atoms with E-state index in [1.165, 1.54) is 10.4 Å². The second kappa shape index (κ2) is 7.80. The smallest absolute Gasteiger partial charge is 0.255 e. The van der Waals surface area contributed by atoms with Gasteiger partial charge in [-0.15, -0.1) is 0 Å². The highest BCUT2D eigenvalue weighted by Gasteiger charge is 2.24. The molecule has 0 aromatic heterocycles. The van der Waals surface area contributed by atoms with Crippen molar-refractivity contribution in [3.63, 3.8) is 0 Å². The average molecular weight is 360 g/mol. The van der Waals surface area contributed by atoms with E-state index in [9.17, 15) is 13.2 Å². The van der Waals surface area contributed by atoms with Crippen LogP contribution in [0.2, 0.25) is 0 Å². The summed E-state index contributed by atoms with van der Waals surface area (Å²) < 4.78 is 27.0. The van der Waals surface area contributed by atoms with E-state index in [0.717, 1.165) is 5.56 Å². The highest BCUT2D eigenvalue weighted by atomic mass is 32.2. The molecule has 0 heterocycles. The van der Waals surface area contributed by atoms with Crippen molar-refractivity contribution in [3.05, 3.63) is 59.2 Å². The number of sulfonamides is 1. The standard InChI is InChI=1S/C19H24N2O3S/c1-5-21(6-2)25(23,24)18-13-16(11-10-15(18)4)19(22)20-17-9-7-8-14(3)12-17/h7-13H,5-6H2,1-4H3,(H,20,22). The van der Waals surface area contributed by atoms with Gasteiger partial charge in [0, 0.05) is 24.3 Å². The highest BCUT2D eigenvalue weighted by molar-refractivity contribution is 7.89. The predicted octanol–water partition coefficient (Wildman–Crippen LogP) is 3.59. The molecule has 134 valence electrons. The number of aryl methyl sites for hydroxylation is 2. The largest absolute Gasteiger partial charge is 0.322 e. The molecule has 0 radical (unpaired) electrons. The van der Waals surface area contributed by atoms with Gasteiger partial charge < -0.3 is 5.32 Å². The molecule has 0 aliphatic rings. The van der Waals surface area contributed by atoms with Gasteiger partial charge in [0.1, 0.15) is 0 Å². The first-order chi connectivity index (χ1) is 11.8. The molecule has 1 amide bonds. The van der Waals surface area contributed by atoms with Crippen LogP contribution in [-0.2, 0) is 10.0 Å². The van der Waals surface area contributed by atoms with E-state index >= 15 is 0 Å². The van der Waals surface area contributed by atoms with Crippen LogP contribution in [0, 0.1) is 13.8 Å². The van der Waals surface area contributed by atoms with Gasteiger partial charge in [-0.2, -0.15) is 4.31 Å². The molecule has 0 atom stereocenters. The first-order valence-electron chi connectivity index (χ1n) is 8.28. The minimum absolute atomic E-state index is 0.174. The second-order valence-corrected chi connectivity index (χ2v) is 7.80. The van der Waals surface area contributed by atoms with E-state index in [-0.39, 0.29) is 10.8 Å². The van der Waals surface area contributed by atoms with E-state index in [4.69, 9.17) is 0 Å². The van der Waals surface area contributed by atoms with E-state index < -0.39 is 10.0 Å². The fourth-order valence-electron chi connectivity index (χ4n) is 2.65. The molecule has 0 aliphatic heterocycles. The summed E-state index contributed by atoms with van der Waals surface area (Å²) in [5.74, 6) is -0.332. The molecule has 0 aliphatic carbocycles. The monoisotopic (exact) mass is 360 g/mol. The lowest BCUT2D eigenvalue weighted by Gasteiger charge is -2.20. The first-order valence-corrected chi connectivity index (χ1v) is 9.72. The highest BCUT2D eigenvalue weighted by Crippen LogP contribution is 2.22. The number of carbonyl (C=O) groups is 1. The van der Waals surface area contributed by atoms with Gasteiger partial charge in [-0.05, 0) is 49.2 Å². The van der Waals surface area contributed by atoms with Crippen molar-refractivity contribution >= 4 is 21.6 Å². The number of benzene rings is 2. The van der Waals surface area contributed by atoms with Crippen molar-refractivity contribution in [2.24, 2.45) is 0 Å². The second-order valence-electron chi connectivity index (χ2n) is 5.89. The fraction of sp³-hybridized carbons (Fsp3) is 0.316. The summed E-state index contributed by atoms with van der Waals surface area (Å²) in [4.78, 5) is 12.7. The van der Waals surface area contributed by atoms with Crippen LogP contribution in [0.25, 0.3) is 0 Å². The molecule has 2 aromatic carbocycles. The molecule has 0 spiro atoms. The van der Waals surface area contributed by atoms with Gasteiger partial charge in [-0.1, -0.05) is 32.0 Å². The maximum Gasteiger partial charge on any atom is 0.255 e. The molecule has 0 bridgehead atoms. The number of rotatable bonds is 6. The van der Waals surface area contributed by atoms with Crippen molar-refractivity contribution < 1.29 is 13.2 Å². The van der Waals surface area contributed by atoms with Crippen molar-refractivity contribution in [1.29, 1.82) is 0 Å². The number of hydrogen-bond donors (Lipinski definition) is 1. The third-order valence-electron chi connectivity index (χ3n) is 4.05. The van der Waals surface area contributed by atoms with Gasteiger partial charge in [-0.3, -0.25) is 4.79 Å². The summed E-state index contributed by atoms with van der Waals surface area (Å²) in [5, 5.41) is 2.81. The van der Waals surface area contributed by atoms with Crippen LogP contribution in [0.15, 0.2) is 47.4 Å². The van der Waals surface area contributed by atoms with Crippen molar-refractivity contribution in [3.8, 4) is 0 Å². The predicted molar refractivity (Wildman–Crippen MR) is 100 cm³/mol. The lowest BCUT2D eigenvalue weighted by Crippen LogP contribution is -2.31. The lowest BCUT2D eigenvalue weighted by atomic mass is 10.1. The molecule has 0 saturated carbocycles. The van der Waals surface area contributed by atoms with Gasteiger partial charge in [0.05, 0.1) is 4.90 Å². The summed E-state index contributed by atoms with van der Waals surface area (Å²) in [6.07, 6.45) is 0. The molecular formula is C19H24N2O3S. The van der Waals surface area contributed by atoms with E-state index in [1.54, 1.807) is 39.0 Å². The maximum absolute atomic E-state index is 12.8. The number of hydrogen-bond acceptors (Lipinski definition) is 3. The third-order valence-corrected chi connectivity index (χ3v) is 6.24. The van der Waals surface area contributed by atoms with Crippen LogP contribution in [0.1, 0.15) is 35.3 Å². The van der Waals surface area contributed by atoms with Crippen molar-refractivity contribution in [1.82, 2.24) is 4.31 Å². The summed E-state index contributed by atoms with van der Waals surface area (Å²) >= 11 is 0. The zero-order valence-corrected chi connectivity index (χ0v) is 15.9. The molecule has 5 nitrogen and oxygen atoms in total. The van der Waals surface area contributed by atoms with Crippen LogP contribution < -0.4 is 5.32 Å². The van der Waals surface area contributed by atoms with Crippen LogP contribution in [0.5, 0.6) is 0 Å². The third kappa shape index (κ3) is 4.27. The topological polar surface area (TPSA) is 66.5 Å². The Morgan fingerprint density at radius 2 is 1.72 bits per heavy atom. The quantitative estimate of drug-likeness (QED) is 0.856. The van der Waals surface area contributed by atoms with Crippen LogP contribution in [-0.4, -0.2) is 31.7 Å². The Labute approximate surface area is 149 Å². The van der Waals surface area contributed by atoms with Gasteiger partial charge in [0.25, 0.3) is 5.91 Å². The summed E-state index contributed by atoms with van der Waals surface area (Å²) in [6, 6.07) is 12.2. The average Bonchev–Trinajstić information content (AvgIpc) is 2.55. The molecule has 6 heteroatoms.